The number of hydrogen-bond acceptors (Lipinski definition) is 5. The number of amides is 2. The van der Waals surface area contributed by atoms with Gasteiger partial charge < -0.3 is 14.4 Å². The Hall–Kier alpha value is -3.12. The molecule has 162 valence electrons. The van der Waals surface area contributed by atoms with Gasteiger partial charge >= 0.3 is 0 Å². The summed E-state index contributed by atoms with van der Waals surface area (Å²) in [5, 5.41) is 0. The summed E-state index contributed by atoms with van der Waals surface area (Å²) in [5.41, 5.74) is 4.17. The fourth-order valence-corrected chi connectivity index (χ4v) is 4.13. The molecule has 0 bridgehead atoms. The van der Waals surface area contributed by atoms with E-state index in [0.717, 1.165) is 24.2 Å². The van der Waals surface area contributed by atoms with Crippen LogP contribution in [0.15, 0.2) is 54.2 Å². The minimum atomic E-state index is -0.266. The summed E-state index contributed by atoms with van der Waals surface area (Å²) in [7, 11) is 1.57. The van der Waals surface area contributed by atoms with Crippen LogP contribution in [0.3, 0.4) is 0 Å². The van der Waals surface area contributed by atoms with Gasteiger partial charge in [0.25, 0.3) is 11.8 Å². The first-order chi connectivity index (χ1) is 15.1. The molecule has 0 spiro atoms. The van der Waals surface area contributed by atoms with E-state index >= 15 is 0 Å². The lowest BCUT2D eigenvalue weighted by atomic mass is 9.98. The van der Waals surface area contributed by atoms with Crippen LogP contribution in [0.1, 0.15) is 30.0 Å². The second kappa shape index (κ2) is 9.35. The number of ether oxygens (including phenoxy) is 2. The van der Waals surface area contributed by atoms with Gasteiger partial charge in [0.15, 0.2) is 0 Å². The Morgan fingerprint density at radius 2 is 1.68 bits per heavy atom. The van der Waals surface area contributed by atoms with Gasteiger partial charge in [0, 0.05) is 20.2 Å². The molecule has 0 N–H and O–H groups in total. The number of carbonyl (C=O) groups is 2. The predicted molar refractivity (Wildman–Crippen MR) is 118 cm³/mol. The second-order valence-corrected chi connectivity index (χ2v) is 7.79. The SMILES string of the molecule is CCCOc1ccc(C2=C(N3CCc4ccccc4C3)C(=O)N(CCOC)C2=O)cc1. The Kier molecular flexibility index (Phi) is 6.37. The highest BCUT2D eigenvalue weighted by Crippen LogP contribution is 2.34. The zero-order valence-electron chi connectivity index (χ0n) is 18.1. The van der Waals surface area contributed by atoms with Crippen LogP contribution in [0.25, 0.3) is 5.57 Å². The van der Waals surface area contributed by atoms with Gasteiger partial charge in [-0.05, 0) is 41.7 Å². The van der Waals surface area contributed by atoms with Crippen LogP contribution in [-0.2, 0) is 27.3 Å². The van der Waals surface area contributed by atoms with E-state index in [4.69, 9.17) is 9.47 Å². The standard InChI is InChI=1S/C25H28N2O4/c1-3-15-31-21-10-8-19(9-11-21)22-23(25(29)27(24(22)28)14-16-30-2)26-13-12-18-6-4-5-7-20(18)17-26/h4-11H,3,12-17H2,1-2H3. The van der Waals surface area contributed by atoms with Gasteiger partial charge in [0.2, 0.25) is 0 Å². The molecule has 2 aromatic carbocycles. The van der Waals surface area contributed by atoms with Gasteiger partial charge in [-0.25, -0.2) is 0 Å². The van der Waals surface area contributed by atoms with Crippen molar-refractivity contribution in [1.82, 2.24) is 9.80 Å². The average molecular weight is 421 g/mol. The molecule has 0 unspecified atom stereocenters. The van der Waals surface area contributed by atoms with Crippen LogP contribution in [-0.4, -0.2) is 55.0 Å². The molecule has 4 rings (SSSR count). The molecule has 6 heteroatoms. The minimum Gasteiger partial charge on any atom is -0.494 e. The van der Waals surface area contributed by atoms with Gasteiger partial charge in [0.05, 0.1) is 25.3 Å². The Labute approximate surface area is 183 Å². The predicted octanol–water partition coefficient (Wildman–Crippen LogP) is 3.26. The van der Waals surface area contributed by atoms with E-state index in [1.807, 2.05) is 41.3 Å². The first-order valence-corrected chi connectivity index (χ1v) is 10.8. The van der Waals surface area contributed by atoms with Gasteiger partial charge in [-0.2, -0.15) is 0 Å². The second-order valence-electron chi connectivity index (χ2n) is 7.79. The van der Waals surface area contributed by atoms with E-state index < -0.39 is 0 Å². The van der Waals surface area contributed by atoms with Crippen molar-refractivity contribution in [2.24, 2.45) is 0 Å². The summed E-state index contributed by atoms with van der Waals surface area (Å²) in [5.74, 6) is 0.244. The van der Waals surface area contributed by atoms with Crippen molar-refractivity contribution in [3.8, 4) is 5.75 Å². The zero-order chi connectivity index (χ0) is 21.8. The van der Waals surface area contributed by atoms with Crippen LogP contribution in [0, 0.1) is 0 Å². The van der Waals surface area contributed by atoms with Gasteiger partial charge in [-0.1, -0.05) is 43.3 Å². The molecule has 0 aliphatic carbocycles. The molecule has 2 aliphatic rings. The third-order valence-electron chi connectivity index (χ3n) is 5.73. The maximum Gasteiger partial charge on any atom is 0.277 e. The lowest BCUT2D eigenvalue weighted by Gasteiger charge is -2.31. The maximum atomic E-state index is 13.4. The number of nitrogens with zero attached hydrogens (tertiary/aromatic N) is 2. The first-order valence-electron chi connectivity index (χ1n) is 10.8. The molecular weight excluding hydrogens is 392 g/mol. The molecule has 0 fully saturated rings. The normalized spacial score (nSPS) is 16.2. The summed E-state index contributed by atoms with van der Waals surface area (Å²) in [4.78, 5) is 30.0. The lowest BCUT2D eigenvalue weighted by Crippen LogP contribution is -2.38. The van der Waals surface area contributed by atoms with Gasteiger partial charge in [-0.3, -0.25) is 14.5 Å². The Morgan fingerprint density at radius 3 is 2.39 bits per heavy atom. The van der Waals surface area contributed by atoms with Crippen LogP contribution in [0.2, 0.25) is 0 Å². The molecular formula is C25H28N2O4. The van der Waals surface area contributed by atoms with E-state index in [0.29, 0.717) is 37.6 Å². The van der Waals surface area contributed by atoms with Crippen molar-refractivity contribution in [1.29, 1.82) is 0 Å². The molecule has 0 radical (unpaired) electrons. The molecule has 0 saturated heterocycles. The third kappa shape index (κ3) is 4.21. The summed E-state index contributed by atoms with van der Waals surface area (Å²) >= 11 is 0. The molecule has 2 heterocycles. The van der Waals surface area contributed by atoms with E-state index in [1.165, 1.54) is 16.0 Å². The number of imide groups is 1. The Morgan fingerprint density at radius 1 is 0.935 bits per heavy atom. The molecule has 2 aliphatic heterocycles. The molecule has 0 saturated carbocycles. The van der Waals surface area contributed by atoms with Crippen molar-refractivity contribution in [2.45, 2.75) is 26.3 Å². The maximum absolute atomic E-state index is 13.4. The number of rotatable bonds is 8. The fraction of sp³-hybridized carbons (Fsp3) is 0.360. The van der Waals surface area contributed by atoms with Crippen molar-refractivity contribution in [3.63, 3.8) is 0 Å². The van der Waals surface area contributed by atoms with E-state index in [-0.39, 0.29) is 18.4 Å². The molecule has 2 aromatic rings. The average Bonchev–Trinajstić information content (AvgIpc) is 3.05. The molecule has 0 aromatic heterocycles. The monoisotopic (exact) mass is 420 g/mol. The summed E-state index contributed by atoms with van der Waals surface area (Å²) in [6.45, 7) is 4.56. The topological polar surface area (TPSA) is 59.1 Å². The highest BCUT2D eigenvalue weighted by Gasteiger charge is 2.41. The minimum absolute atomic E-state index is 0.239. The van der Waals surface area contributed by atoms with Crippen LogP contribution in [0.4, 0.5) is 0 Å². The van der Waals surface area contributed by atoms with Crippen molar-refractivity contribution in [2.75, 3.05) is 33.4 Å². The van der Waals surface area contributed by atoms with Crippen molar-refractivity contribution >= 4 is 17.4 Å². The smallest absolute Gasteiger partial charge is 0.277 e. The Bertz CT molecular complexity index is 997. The van der Waals surface area contributed by atoms with Crippen molar-refractivity contribution < 1.29 is 19.1 Å². The van der Waals surface area contributed by atoms with Gasteiger partial charge in [-0.15, -0.1) is 0 Å². The highest BCUT2D eigenvalue weighted by atomic mass is 16.5. The van der Waals surface area contributed by atoms with Crippen LogP contribution in [0.5, 0.6) is 5.75 Å². The zero-order valence-corrected chi connectivity index (χ0v) is 18.1. The molecule has 6 nitrogen and oxygen atoms in total. The van der Waals surface area contributed by atoms with Crippen LogP contribution >= 0.6 is 0 Å². The highest BCUT2D eigenvalue weighted by molar-refractivity contribution is 6.35. The summed E-state index contributed by atoms with van der Waals surface area (Å²) in [6.07, 6.45) is 1.77. The number of benzene rings is 2. The van der Waals surface area contributed by atoms with E-state index in [9.17, 15) is 9.59 Å². The third-order valence-corrected chi connectivity index (χ3v) is 5.73. The largest absolute Gasteiger partial charge is 0.494 e. The summed E-state index contributed by atoms with van der Waals surface area (Å²) in [6, 6.07) is 15.7. The molecule has 0 atom stereocenters. The lowest BCUT2D eigenvalue weighted by molar-refractivity contribution is -0.138. The van der Waals surface area contributed by atoms with Crippen LogP contribution < -0.4 is 4.74 Å². The number of hydrogen-bond donors (Lipinski definition) is 0. The molecule has 31 heavy (non-hydrogen) atoms. The van der Waals surface area contributed by atoms with E-state index in [1.54, 1.807) is 7.11 Å². The fourth-order valence-electron chi connectivity index (χ4n) is 4.13. The first kappa shape index (κ1) is 21.1. The number of methoxy groups -OCH3 is 1. The molecule has 2 amide bonds. The van der Waals surface area contributed by atoms with E-state index in [2.05, 4.69) is 19.1 Å². The quantitative estimate of drug-likeness (QED) is 0.614. The van der Waals surface area contributed by atoms with Crippen molar-refractivity contribution in [3.05, 3.63) is 70.9 Å². The number of fused-ring (bicyclic) bond motifs is 1. The Balaban J connectivity index is 1.70. The van der Waals surface area contributed by atoms with Gasteiger partial charge in [0.1, 0.15) is 11.4 Å². The number of carbonyl (C=O) groups excluding carboxylic acids is 2. The summed E-state index contributed by atoms with van der Waals surface area (Å²) < 4.78 is 10.8.